The quantitative estimate of drug-likeness (QED) is 0.284. The second-order valence-electron chi connectivity index (χ2n) is 5.71. The van der Waals surface area contributed by atoms with E-state index >= 15 is 0 Å². The minimum absolute atomic E-state index is 0.158. The molecule has 0 radical (unpaired) electrons. The lowest BCUT2D eigenvalue weighted by Crippen LogP contribution is -2.47. The molecule has 1 heterocycles. The van der Waals surface area contributed by atoms with Crippen LogP contribution in [0.1, 0.15) is 19.4 Å². The Kier molecular flexibility index (Phi) is 5.05. The first-order valence-electron chi connectivity index (χ1n) is 6.88. The molecule has 1 aliphatic rings. The molecule has 0 aliphatic carbocycles. The van der Waals surface area contributed by atoms with Crippen LogP contribution in [0.15, 0.2) is 29.2 Å². The summed E-state index contributed by atoms with van der Waals surface area (Å²) in [6.45, 7) is 3.93. The van der Waals surface area contributed by atoms with E-state index in [1.807, 2.05) is 25.8 Å². The van der Waals surface area contributed by atoms with Crippen molar-refractivity contribution in [1.82, 2.24) is 9.62 Å². The molecule has 1 saturated heterocycles. The summed E-state index contributed by atoms with van der Waals surface area (Å²) in [5.74, 6) is 0. The summed E-state index contributed by atoms with van der Waals surface area (Å²) in [4.78, 5) is 2.07. The second-order valence-corrected chi connectivity index (χ2v) is 9.31. The lowest BCUT2D eigenvalue weighted by atomic mass is 10.0. The Balaban J connectivity index is 2.27. The zero-order chi connectivity index (χ0) is 17.4. The molecule has 1 aromatic carbocycles. The first kappa shape index (κ1) is 18.2. The van der Waals surface area contributed by atoms with Gasteiger partial charge in [-0.15, -0.1) is 0 Å². The number of thiocarbonyl (C=S) groups is 1. The van der Waals surface area contributed by atoms with Gasteiger partial charge in [-0.25, -0.2) is 13.1 Å². The zero-order valence-corrected chi connectivity index (χ0v) is 15.8. The minimum atomic E-state index is -3.48. The molecule has 1 aromatic rings. The van der Waals surface area contributed by atoms with Crippen LogP contribution in [0.25, 0.3) is 0 Å². The van der Waals surface area contributed by atoms with Gasteiger partial charge >= 0.3 is 0 Å². The number of likely N-dealkylation sites (N-methyl/N-ethyl adjacent to an activating group) is 1. The number of hydrogen-bond acceptors (Lipinski definition) is 5. The molecule has 126 valence electrons. The van der Waals surface area contributed by atoms with Crippen molar-refractivity contribution >= 4 is 44.5 Å². The summed E-state index contributed by atoms with van der Waals surface area (Å²) in [7, 11) is -0.245. The van der Waals surface area contributed by atoms with Gasteiger partial charge in [-0.2, -0.15) is 4.74 Å². The van der Waals surface area contributed by atoms with Crippen molar-refractivity contribution in [1.29, 1.82) is 0 Å². The highest BCUT2D eigenvalue weighted by atomic mass is 32.2. The average molecular weight is 374 g/mol. The topological polar surface area (TPSA) is 75.5 Å². The van der Waals surface area contributed by atoms with Crippen molar-refractivity contribution in [2.45, 2.75) is 29.7 Å². The third kappa shape index (κ3) is 3.52. The van der Waals surface area contributed by atoms with Gasteiger partial charge in [0.05, 0.1) is 4.90 Å². The Hall–Kier alpha value is -1.16. The van der Waals surface area contributed by atoms with E-state index in [0.29, 0.717) is 9.88 Å². The third-order valence-corrected chi connectivity index (χ3v) is 7.40. The maximum Gasteiger partial charge on any atom is 0.240 e. The number of nitrogens with one attached hydrogen (secondary N) is 1. The number of benzene rings is 1. The standard InChI is InChI=1S/C14H19N3O3S3/c1-14(2)12(22-13(21)16(14)4)17(18)9-10-5-7-11(8-6-10)23(19,20)15-3/h5-9,12,15H,1-4H3/b17-9-/t12-/m1/s1. The Bertz CT molecular complexity index is 742. The Morgan fingerprint density at radius 1 is 1.39 bits per heavy atom. The molecule has 0 unspecified atom stereocenters. The zero-order valence-electron chi connectivity index (χ0n) is 13.3. The predicted octanol–water partition coefficient (Wildman–Crippen LogP) is 1.59. The van der Waals surface area contributed by atoms with Gasteiger partial charge < -0.3 is 10.1 Å². The van der Waals surface area contributed by atoms with Gasteiger partial charge in [0.15, 0.2) is 6.21 Å². The first-order valence-corrected chi connectivity index (χ1v) is 9.65. The Morgan fingerprint density at radius 3 is 2.39 bits per heavy atom. The summed E-state index contributed by atoms with van der Waals surface area (Å²) in [6, 6.07) is 6.14. The average Bonchev–Trinajstić information content (AvgIpc) is 2.71. The molecule has 0 saturated carbocycles. The molecule has 6 nitrogen and oxygen atoms in total. The third-order valence-electron chi connectivity index (χ3n) is 3.92. The van der Waals surface area contributed by atoms with Crippen LogP contribution in [0.2, 0.25) is 0 Å². The number of hydrogen-bond donors (Lipinski definition) is 1. The van der Waals surface area contributed by atoms with Crippen molar-refractivity contribution in [2.24, 2.45) is 0 Å². The maximum absolute atomic E-state index is 12.5. The Morgan fingerprint density at radius 2 is 1.96 bits per heavy atom. The van der Waals surface area contributed by atoms with Gasteiger partial charge in [0.1, 0.15) is 9.86 Å². The fourth-order valence-electron chi connectivity index (χ4n) is 2.15. The van der Waals surface area contributed by atoms with Gasteiger partial charge in [-0.3, -0.25) is 0 Å². The van der Waals surface area contributed by atoms with Gasteiger partial charge in [0.25, 0.3) is 0 Å². The lowest BCUT2D eigenvalue weighted by Gasteiger charge is -2.30. The highest BCUT2D eigenvalue weighted by molar-refractivity contribution is 8.23. The maximum atomic E-state index is 12.5. The van der Waals surface area contributed by atoms with Crippen molar-refractivity contribution in [3.8, 4) is 0 Å². The SMILES string of the molecule is CNS(=O)(=O)c1ccc(/C=[N+](\[O-])[C@@H]2SC(=S)N(C)C2(C)C)cc1. The normalized spacial score (nSPS) is 21.7. The molecule has 1 fully saturated rings. The number of nitrogens with zero attached hydrogens (tertiary/aromatic N) is 2. The molecule has 2 rings (SSSR count). The van der Waals surface area contributed by atoms with Crippen molar-refractivity contribution in [2.75, 3.05) is 14.1 Å². The molecule has 1 aliphatic heterocycles. The van der Waals surface area contributed by atoms with Crippen LogP contribution >= 0.6 is 24.0 Å². The molecule has 0 aromatic heterocycles. The lowest BCUT2D eigenvalue weighted by molar-refractivity contribution is -0.480. The predicted molar refractivity (Wildman–Crippen MR) is 97.3 cm³/mol. The number of rotatable bonds is 4. The summed E-state index contributed by atoms with van der Waals surface area (Å²) >= 11 is 6.61. The highest BCUT2D eigenvalue weighted by Gasteiger charge is 2.48. The monoisotopic (exact) mass is 373 g/mol. The fourth-order valence-corrected chi connectivity index (χ4v) is 4.58. The number of thioether (sulfide) groups is 1. The number of hydroxylamine groups is 1. The molecule has 0 bridgehead atoms. The van der Waals surface area contributed by atoms with Gasteiger partial charge in [0, 0.05) is 12.6 Å². The molecule has 1 atom stereocenters. The molecule has 9 heteroatoms. The van der Waals surface area contributed by atoms with Crippen LogP contribution in [-0.2, 0) is 10.0 Å². The molecule has 23 heavy (non-hydrogen) atoms. The summed E-state index contributed by atoms with van der Waals surface area (Å²) in [5.41, 5.74) is 0.238. The fraction of sp³-hybridized carbons (Fsp3) is 0.429. The Labute approximate surface area is 146 Å². The molecule has 1 N–H and O–H groups in total. The van der Waals surface area contributed by atoms with E-state index in [0.717, 1.165) is 4.74 Å². The minimum Gasteiger partial charge on any atom is -0.623 e. The van der Waals surface area contributed by atoms with Gasteiger partial charge in [-0.05, 0) is 56.9 Å². The van der Waals surface area contributed by atoms with Crippen molar-refractivity contribution in [3.63, 3.8) is 0 Å². The second kappa shape index (κ2) is 6.39. The smallest absolute Gasteiger partial charge is 0.240 e. The van der Waals surface area contributed by atoms with Crippen LogP contribution in [-0.4, -0.2) is 53.6 Å². The van der Waals surface area contributed by atoms with Crippen LogP contribution in [0.4, 0.5) is 0 Å². The van der Waals surface area contributed by atoms with Crippen LogP contribution < -0.4 is 4.72 Å². The molecule has 0 amide bonds. The van der Waals surface area contributed by atoms with Crippen molar-refractivity contribution < 1.29 is 13.2 Å². The largest absolute Gasteiger partial charge is 0.623 e. The summed E-state index contributed by atoms with van der Waals surface area (Å²) < 4.78 is 27.2. The van der Waals surface area contributed by atoms with E-state index in [1.165, 1.54) is 37.2 Å². The molecule has 0 spiro atoms. The van der Waals surface area contributed by atoms with Crippen LogP contribution in [0.3, 0.4) is 0 Å². The van der Waals surface area contributed by atoms with E-state index in [4.69, 9.17) is 12.2 Å². The highest BCUT2D eigenvalue weighted by Crippen LogP contribution is 2.38. The van der Waals surface area contributed by atoms with E-state index in [-0.39, 0.29) is 10.3 Å². The first-order chi connectivity index (χ1) is 10.6. The summed E-state index contributed by atoms with van der Waals surface area (Å²) in [6.07, 6.45) is 1.46. The van der Waals surface area contributed by atoms with E-state index < -0.39 is 15.6 Å². The van der Waals surface area contributed by atoms with Crippen LogP contribution in [0.5, 0.6) is 0 Å². The number of sulfonamides is 1. The molecular weight excluding hydrogens is 354 g/mol. The van der Waals surface area contributed by atoms with Gasteiger partial charge in [0.2, 0.25) is 15.4 Å². The van der Waals surface area contributed by atoms with E-state index in [1.54, 1.807) is 12.1 Å². The van der Waals surface area contributed by atoms with E-state index in [9.17, 15) is 13.6 Å². The summed E-state index contributed by atoms with van der Waals surface area (Å²) in [5, 5.41) is 12.1. The van der Waals surface area contributed by atoms with E-state index in [2.05, 4.69) is 4.72 Å². The molecular formula is C14H19N3O3S3. The van der Waals surface area contributed by atoms with Gasteiger partial charge in [-0.1, -0.05) is 12.2 Å². The van der Waals surface area contributed by atoms with Crippen molar-refractivity contribution in [3.05, 3.63) is 35.0 Å². The van der Waals surface area contributed by atoms with Crippen LogP contribution in [0, 0.1) is 5.21 Å².